The molecule has 0 bridgehead atoms. The average Bonchev–Trinajstić information content (AvgIpc) is 2.37. The predicted octanol–water partition coefficient (Wildman–Crippen LogP) is 2.48. The van der Waals surface area contributed by atoms with Crippen molar-refractivity contribution in [2.75, 3.05) is 5.32 Å². The zero-order valence-electron chi connectivity index (χ0n) is 10.6. The number of carboxylic acids is 1. The summed E-state index contributed by atoms with van der Waals surface area (Å²) in [6.07, 6.45) is 1.36. The number of aromatic carboxylic acids is 1. The van der Waals surface area contributed by atoms with Crippen molar-refractivity contribution in [2.45, 2.75) is 6.92 Å². The Morgan fingerprint density at radius 2 is 2.05 bits per heavy atom. The molecule has 0 aliphatic rings. The SMILES string of the molecule is Cc1cc(F)cc(C(=O)Nc2ncccc2C(=O)O)c1. The maximum absolute atomic E-state index is 13.2. The van der Waals surface area contributed by atoms with E-state index in [9.17, 15) is 14.0 Å². The number of carboxylic acid groups (broad SMARTS) is 1. The summed E-state index contributed by atoms with van der Waals surface area (Å²) in [6.45, 7) is 1.66. The van der Waals surface area contributed by atoms with Gasteiger partial charge in [0.1, 0.15) is 17.2 Å². The smallest absolute Gasteiger partial charge is 0.339 e. The number of aryl methyl sites for hydroxylation is 1. The Bertz CT molecular complexity index is 666. The van der Waals surface area contributed by atoms with Crippen LogP contribution in [0, 0.1) is 12.7 Å². The largest absolute Gasteiger partial charge is 0.478 e. The molecule has 1 aromatic heterocycles. The number of benzene rings is 1. The van der Waals surface area contributed by atoms with Gasteiger partial charge in [0.2, 0.25) is 0 Å². The van der Waals surface area contributed by atoms with Crippen LogP contribution in [0.15, 0.2) is 36.5 Å². The summed E-state index contributed by atoms with van der Waals surface area (Å²) in [7, 11) is 0. The second-order valence-corrected chi connectivity index (χ2v) is 4.18. The van der Waals surface area contributed by atoms with Gasteiger partial charge in [-0.15, -0.1) is 0 Å². The molecular weight excluding hydrogens is 263 g/mol. The van der Waals surface area contributed by atoms with E-state index in [4.69, 9.17) is 5.11 Å². The van der Waals surface area contributed by atoms with Gasteiger partial charge in [0.25, 0.3) is 5.91 Å². The van der Waals surface area contributed by atoms with Crippen LogP contribution >= 0.6 is 0 Å². The fraction of sp³-hybridized carbons (Fsp3) is 0.0714. The molecule has 0 saturated heterocycles. The Labute approximate surface area is 114 Å². The molecule has 102 valence electrons. The number of amides is 1. The number of carbonyl (C=O) groups is 2. The van der Waals surface area contributed by atoms with Crippen LogP contribution < -0.4 is 5.32 Å². The van der Waals surface area contributed by atoms with E-state index in [-0.39, 0.29) is 16.9 Å². The minimum Gasteiger partial charge on any atom is -0.478 e. The first-order chi connectivity index (χ1) is 9.47. The van der Waals surface area contributed by atoms with Gasteiger partial charge >= 0.3 is 5.97 Å². The molecule has 0 unspecified atom stereocenters. The molecule has 6 heteroatoms. The van der Waals surface area contributed by atoms with Gasteiger partial charge in [-0.3, -0.25) is 4.79 Å². The van der Waals surface area contributed by atoms with Gasteiger partial charge in [-0.05, 0) is 42.8 Å². The number of pyridine rings is 1. The molecule has 1 aromatic carbocycles. The lowest BCUT2D eigenvalue weighted by molar-refractivity contribution is 0.0697. The lowest BCUT2D eigenvalue weighted by Crippen LogP contribution is -2.16. The van der Waals surface area contributed by atoms with E-state index < -0.39 is 17.7 Å². The summed E-state index contributed by atoms with van der Waals surface area (Å²) >= 11 is 0. The van der Waals surface area contributed by atoms with E-state index in [1.54, 1.807) is 6.92 Å². The lowest BCUT2D eigenvalue weighted by atomic mass is 10.1. The quantitative estimate of drug-likeness (QED) is 0.901. The third-order valence-corrected chi connectivity index (χ3v) is 2.57. The Balaban J connectivity index is 2.30. The predicted molar refractivity (Wildman–Crippen MR) is 70.3 cm³/mol. The fourth-order valence-electron chi connectivity index (χ4n) is 1.72. The van der Waals surface area contributed by atoms with Gasteiger partial charge in [-0.25, -0.2) is 14.2 Å². The number of anilines is 1. The number of rotatable bonds is 3. The van der Waals surface area contributed by atoms with E-state index >= 15 is 0 Å². The van der Waals surface area contributed by atoms with Crippen molar-refractivity contribution < 1.29 is 19.1 Å². The van der Waals surface area contributed by atoms with Gasteiger partial charge in [0.15, 0.2) is 0 Å². The zero-order valence-corrected chi connectivity index (χ0v) is 10.6. The molecule has 0 atom stereocenters. The Morgan fingerprint density at radius 1 is 1.30 bits per heavy atom. The first kappa shape index (κ1) is 13.7. The van der Waals surface area contributed by atoms with E-state index in [2.05, 4.69) is 10.3 Å². The highest BCUT2D eigenvalue weighted by Gasteiger charge is 2.15. The van der Waals surface area contributed by atoms with Crippen molar-refractivity contribution in [3.05, 3.63) is 59.0 Å². The van der Waals surface area contributed by atoms with Crippen LogP contribution in [0.1, 0.15) is 26.3 Å². The summed E-state index contributed by atoms with van der Waals surface area (Å²) in [4.78, 5) is 26.8. The van der Waals surface area contributed by atoms with Gasteiger partial charge in [0, 0.05) is 11.8 Å². The highest BCUT2D eigenvalue weighted by Crippen LogP contribution is 2.14. The Morgan fingerprint density at radius 3 is 2.70 bits per heavy atom. The molecule has 2 rings (SSSR count). The van der Waals surface area contributed by atoms with Crippen molar-refractivity contribution in [3.8, 4) is 0 Å². The van der Waals surface area contributed by atoms with Crippen molar-refractivity contribution in [1.29, 1.82) is 0 Å². The van der Waals surface area contributed by atoms with E-state index in [1.165, 1.54) is 30.5 Å². The summed E-state index contributed by atoms with van der Waals surface area (Å²) in [5.74, 6) is -2.43. The highest BCUT2D eigenvalue weighted by atomic mass is 19.1. The van der Waals surface area contributed by atoms with Gasteiger partial charge in [0.05, 0.1) is 0 Å². The van der Waals surface area contributed by atoms with Gasteiger partial charge in [-0.2, -0.15) is 0 Å². The van der Waals surface area contributed by atoms with E-state index in [0.29, 0.717) is 5.56 Å². The minimum absolute atomic E-state index is 0.0769. The maximum Gasteiger partial charge on any atom is 0.339 e. The third-order valence-electron chi connectivity index (χ3n) is 2.57. The first-order valence-corrected chi connectivity index (χ1v) is 5.74. The van der Waals surface area contributed by atoms with E-state index in [0.717, 1.165) is 6.07 Å². The number of aromatic nitrogens is 1. The van der Waals surface area contributed by atoms with Crippen molar-refractivity contribution in [2.24, 2.45) is 0 Å². The van der Waals surface area contributed by atoms with Crippen LogP contribution in [0.4, 0.5) is 10.2 Å². The Hall–Kier alpha value is -2.76. The van der Waals surface area contributed by atoms with Crippen molar-refractivity contribution >= 4 is 17.7 Å². The molecular formula is C14H11FN2O3. The number of carbonyl (C=O) groups excluding carboxylic acids is 1. The molecule has 1 amide bonds. The number of hydrogen-bond acceptors (Lipinski definition) is 3. The van der Waals surface area contributed by atoms with Crippen molar-refractivity contribution in [1.82, 2.24) is 4.98 Å². The fourth-order valence-corrected chi connectivity index (χ4v) is 1.72. The molecule has 0 aliphatic heterocycles. The number of nitrogens with zero attached hydrogens (tertiary/aromatic N) is 1. The average molecular weight is 274 g/mol. The molecule has 0 aliphatic carbocycles. The molecule has 5 nitrogen and oxygen atoms in total. The van der Waals surface area contributed by atoms with Crippen LogP contribution in [0.2, 0.25) is 0 Å². The lowest BCUT2D eigenvalue weighted by Gasteiger charge is -2.07. The topological polar surface area (TPSA) is 79.3 Å². The third kappa shape index (κ3) is 2.97. The summed E-state index contributed by atoms with van der Waals surface area (Å²) in [5, 5.41) is 11.4. The standard InChI is InChI=1S/C14H11FN2O3/c1-8-5-9(7-10(15)6-8)13(18)17-12-11(14(19)20)3-2-4-16-12/h2-7H,1H3,(H,19,20)(H,16,17,18). The van der Waals surface area contributed by atoms with Gasteiger partial charge in [-0.1, -0.05) is 0 Å². The molecule has 0 fully saturated rings. The first-order valence-electron chi connectivity index (χ1n) is 5.74. The highest BCUT2D eigenvalue weighted by molar-refractivity contribution is 6.06. The van der Waals surface area contributed by atoms with Gasteiger partial charge < -0.3 is 10.4 Å². The second kappa shape index (κ2) is 5.48. The van der Waals surface area contributed by atoms with Crippen LogP contribution in [0.3, 0.4) is 0 Å². The summed E-state index contributed by atoms with van der Waals surface area (Å²) < 4.78 is 13.2. The van der Waals surface area contributed by atoms with Crippen molar-refractivity contribution in [3.63, 3.8) is 0 Å². The molecule has 2 N–H and O–H groups in total. The van der Waals surface area contributed by atoms with Crippen LogP contribution in [0.5, 0.6) is 0 Å². The van der Waals surface area contributed by atoms with Crippen LogP contribution in [-0.2, 0) is 0 Å². The Kier molecular flexibility index (Phi) is 3.74. The molecule has 1 heterocycles. The summed E-state index contributed by atoms with van der Waals surface area (Å²) in [6, 6.07) is 6.64. The van der Waals surface area contributed by atoms with E-state index in [1.807, 2.05) is 0 Å². The molecule has 0 radical (unpaired) electrons. The molecule has 0 spiro atoms. The maximum atomic E-state index is 13.2. The second-order valence-electron chi connectivity index (χ2n) is 4.18. The molecule has 20 heavy (non-hydrogen) atoms. The van der Waals surface area contributed by atoms with Crippen LogP contribution in [0.25, 0.3) is 0 Å². The monoisotopic (exact) mass is 274 g/mol. The van der Waals surface area contributed by atoms with Crippen LogP contribution in [-0.4, -0.2) is 22.0 Å². The zero-order chi connectivity index (χ0) is 14.7. The normalized spacial score (nSPS) is 10.1. The summed E-state index contributed by atoms with van der Waals surface area (Å²) in [5.41, 5.74) is 0.563. The molecule has 2 aromatic rings. The minimum atomic E-state index is -1.20. The number of hydrogen-bond donors (Lipinski definition) is 2. The number of nitrogens with one attached hydrogen (secondary N) is 1. The molecule has 0 saturated carbocycles. The number of halogens is 1.